The van der Waals surface area contributed by atoms with Crippen LogP contribution in [0.2, 0.25) is 0 Å². The summed E-state index contributed by atoms with van der Waals surface area (Å²) in [5, 5.41) is 4.35. The van der Waals surface area contributed by atoms with E-state index in [2.05, 4.69) is 5.32 Å². The molecule has 3 aromatic rings. The molecule has 0 bridgehead atoms. The quantitative estimate of drug-likeness (QED) is 0.606. The largest absolute Gasteiger partial charge is 0.457 e. The van der Waals surface area contributed by atoms with Crippen molar-refractivity contribution in [3.05, 3.63) is 70.5 Å². The van der Waals surface area contributed by atoms with Crippen molar-refractivity contribution < 1.29 is 14.3 Å². The van der Waals surface area contributed by atoms with E-state index < -0.39 is 0 Å². The van der Waals surface area contributed by atoms with Crippen molar-refractivity contribution in [2.75, 3.05) is 26.8 Å². The highest BCUT2D eigenvalue weighted by molar-refractivity contribution is 5.81. The molecule has 162 valence electrons. The van der Waals surface area contributed by atoms with Crippen LogP contribution in [0.5, 0.6) is 11.5 Å². The Kier molecular flexibility index (Phi) is 6.34. The van der Waals surface area contributed by atoms with Crippen LogP contribution in [0.25, 0.3) is 10.9 Å². The number of rotatable bonds is 8. The maximum absolute atomic E-state index is 13.2. The maximum Gasteiger partial charge on any atom is 0.255 e. The molecule has 0 spiro atoms. The van der Waals surface area contributed by atoms with Crippen LogP contribution in [0, 0.1) is 0 Å². The van der Waals surface area contributed by atoms with Crippen molar-refractivity contribution in [3.63, 3.8) is 0 Å². The van der Waals surface area contributed by atoms with Crippen molar-refractivity contribution in [3.8, 4) is 11.5 Å². The first-order chi connectivity index (χ1) is 15.0. The molecule has 7 nitrogen and oxygen atoms in total. The number of aromatic nitrogens is 1. The molecular weight excluding hydrogens is 394 g/mol. The van der Waals surface area contributed by atoms with Gasteiger partial charge in [-0.1, -0.05) is 18.2 Å². The van der Waals surface area contributed by atoms with E-state index in [9.17, 15) is 9.59 Å². The molecule has 1 N–H and O–H groups in total. The summed E-state index contributed by atoms with van der Waals surface area (Å²) < 4.78 is 12.9. The monoisotopic (exact) mass is 421 g/mol. The van der Waals surface area contributed by atoms with Gasteiger partial charge >= 0.3 is 0 Å². The van der Waals surface area contributed by atoms with Crippen LogP contribution in [0.1, 0.15) is 12.5 Å². The molecule has 31 heavy (non-hydrogen) atoms. The average Bonchev–Trinajstić information content (AvgIpc) is 2.73. The third-order valence-electron chi connectivity index (χ3n) is 5.55. The summed E-state index contributed by atoms with van der Waals surface area (Å²) in [6, 6.07) is 17.5. The van der Waals surface area contributed by atoms with Gasteiger partial charge < -0.3 is 24.3 Å². The average molecular weight is 421 g/mol. The fourth-order valence-electron chi connectivity index (χ4n) is 3.75. The summed E-state index contributed by atoms with van der Waals surface area (Å²) in [4.78, 5) is 26.3. The Balaban J connectivity index is 1.59. The number of pyridine rings is 1. The van der Waals surface area contributed by atoms with E-state index >= 15 is 0 Å². The first kappa shape index (κ1) is 21.1. The second-order valence-electron chi connectivity index (χ2n) is 7.76. The minimum absolute atomic E-state index is 0.0448. The van der Waals surface area contributed by atoms with Gasteiger partial charge in [0, 0.05) is 57.9 Å². The molecule has 0 unspecified atom stereocenters. The molecule has 1 aliphatic rings. The smallest absolute Gasteiger partial charge is 0.255 e. The molecule has 1 fully saturated rings. The van der Waals surface area contributed by atoms with Crippen LogP contribution in [0.15, 0.2) is 59.4 Å². The van der Waals surface area contributed by atoms with Gasteiger partial charge in [0.05, 0.1) is 12.1 Å². The fourth-order valence-corrected chi connectivity index (χ4v) is 3.75. The molecule has 1 aromatic heterocycles. The number of likely N-dealkylation sites (tertiary alicyclic amines) is 1. The molecule has 1 saturated heterocycles. The van der Waals surface area contributed by atoms with Crippen molar-refractivity contribution >= 4 is 16.8 Å². The summed E-state index contributed by atoms with van der Waals surface area (Å²) in [7, 11) is 1.62. The molecule has 2 aromatic carbocycles. The van der Waals surface area contributed by atoms with Crippen LogP contribution >= 0.6 is 0 Å². The second-order valence-corrected chi connectivity index (χ2v) is 7.76. The number of fused-ring (bicyclic) bond motifs is 1. The topological polar surface area (TPSA) is 72.8 Å². The molecular formula is C24H27N3O4. The number of nitrogens with one attached hydrogen (secondary N) is 1. The van der Waals surface area contributed by atoms with Gasteiger partial charge in [-0.05, 0) is 35.7 Å². The number of carbonyl (C=O) groups is 1. The first-order valence-electron chi connectivity index (χ1n) is 10.4. The van der Waals surface area contributed by atoms with Crippen LogP contribution in [-0.2, 0) is 22.6 Å². The van der Waals surface area contributed by atoms with E-state index in [1.165, 1.54) is 0 Å². The molecule has 0 saturated carbocycles. The summed E-state index contributed by atoms with van der Waals surface area (Å²) >= 11 is 0. The molecule has 4 rings (SSSR count). The van der Waals surface area contributed by atoms with Gasteiger partial charge in [-0.15, -0.1) is 0 Å². The highest BCUT2D eigenvalue weighted by Crippen LogP contribution is 2.25. The van der Waals surface area contributed by atoms with Gasteiger partial charge in [0.2, 0.25) is 5.91 Å². The molecule has 1 aliphatic heterocycles. The van der Waals surface area contributed by atoms with Gasteiger partial charge in [-0.2, -0.15) is 0 Å². The summed E-state index contributed by atoms with van der Waals surface area (Å²) in [6.07, 6.45) is 0. The van der Waals surface area contributed by atoms with E-state index in [4.69, 9.17) is 9.47 Å². The normalized spacial score (nSPS) is 13.9. The summed E-state index contributed by atoms with van der Waals surface area (Å²) in [5.74, 6) is 1.50. The van der Waals surface area contributed by atoms with E-state index in [0.717, 1.165) is 16.7 Å². The highest BCUT2D eigenvalue weighted by Gasteiger charge is 2.28. The number of benzene rings is 2. The lowest BCUT2D eigenvalue weighted by atomic mass is 10.1. The van der Waals surface area contributed by atoms with Crippen molar-refractivity contribution in [2.45, 2.75) is 26.1 Å². The zero-order chi connectivity index (χ0) is 21.8. The van der Waals surface area contributed by atoms with Crippen LogP contribution in [0.4, 0.5) is 0 Å². The Bertz CT molecular complexity index is 1120. The number of ether oxygens (including phenoxy) is 2. The summed E-state index contributed by atoms with van der Waals surface area (Å²) in [5.41, 5.74) is 1.46. The van der Waals surface area contributed by atoms with E-state index in [1.807, 2.05) is 54.6 Å². The number of para-hydroxylation sites is 1. The molecule has 7 heteroatoms. The number of nitrogens with zero attached hydrogens (tertiary/aromatic N) is 2. The highest BCUT2D eigenvalue weighted by atomic mass is 16.5. The number of methoxy groups -OCH3 is 1. The number of hydrogen-bond donors (Lipinski definition) is 1. The Morgan fingerprint density at radius 1 is 1.10 bits per heavy atom. The lowest BCUT2D eigenvalue weighted by Crippen LogP contribution is -2.59. The number of amides is 1. The predicted molar refractivity (Wildman–Crippen MR) is 119 cm³/mol. The standard InChI is InChI=1S/C24H27N3O4/c1-17(28)26-15-20(16-26)25-14-19-12-18-8-9-22(31-21-6-4-3-5-7-21)13-23(18)27(24(19)29)10-11-30-2/h3-9,12-13,20,25H,10-11,14-16H2,1-2H3. The lowest BCUT2D eigenvalue weighted by molar-refractivity contribution is -0.133. The van der Waals surface area contributed by atoms with Crippen molar-refractivity contribution in [2.24, 2.45) is 0 Å². The Hall–Kier alpha value is -3.16. The summed E-state index contributed by atoms with van der Waals surface area (Å²) in [6.45, 7) is 4.29. The molecule has 2 heterocycles. The van der Waals surface area contributed by atoms with Crippen LogP contribution in [0.3, 0.4) is 0 Å². The van der Waals surface area contributed by atoms with Gasteiger partial charge in [0.15, 0.2) is 0 Å². The number of hydrogen-bond acceptors (Lipinski definition) is 5. The second kappa shape index (κ2) is 9.32. The maximum atomic E-state index is 13.2. The third kappa shape index (κ3) is 4.78. The van der Waals surface area contributed by atoms with Gasteiger partial charge in [0.25, 0.3) is 5.56 Å². The number of carbonyl (C=O) groups excluding carboxylic acids is 1. The molecule has 0 radical (unpaired) electrons. The lowest BCUT2D eigenvalue weighted by Gasteiger charge is -2.39. The first-order valence-corrected chi connectivity index (χ1v) is 10.4. The minimum atomic E-state index is -0.0448. The third-order valence-corrected chi connectivity index (χ3v) is 5.55. The molecule has 0 atom stereocenters. The Labute approximate surface area is 181 Å². The Morgan fingerprint density at radius 3 is 2.58 bits per heavy atom. The van der Waals surface area contributed by atoms with Crippen LogP contribution < -0.4 is 15.6 Å². The zero-order valence-corrected chi connectivity index (χ0v) is 17.8. The van der Waals surface area contributed by atoms with E-state index in [-0.39, 0.29) is 17.5 Å². The van der Waals surface area contributed by atoms with E-state index in [1.54, 1.807) is 23.5 Å². The SMILES string of the molecule is COCCn1c(=O)c(CNC2CN(C(C)=O)C2)cc2ccc(Oc3ccccc3)cc21. The zero-order valence-electron chi connectivity index (χ0n) is 17.8. The molecule has 0 aliphatic carbocycles. The van der Waals surface area contributed by atoms with Crippen LogP contribution in [-0.4, -0.2) is 48.2 Å². The van der Waals surface area contributed by atoms with Gasteiger partial charge in [-0.25, -0.2) is 0 Å². The van der Waals surface area contributed by atoms with Gasteiger partial charge in [-0.3, -0.25) is 9.59 Å². The Morgan fingerprint density at radius 2 is 1.87 bits per heavy atom. The minimum Gasteiger partial charge on any atom is -0.457 e. The van der Waals surface area contributed by atoms with Crippen molar-refractivity contribution in [1.82, 2.24) is 14.8 Å². The van der Waals surface area contributed by atoms with Crippen molar-refractivity contribution in [1.29, 1.82) is 0 Å². The fraction of sp³-hybridized carbons (Fsp3) is 0.333. The van der Waals surface area contributed by atoms with Gasteiger partial charge in [0.1, 0.15) is 11.5 Å². The predicted octanol–water partition coefficient (Wildman–Crippen LogP) is 2.76. The molecule has 1 amide bonds. The van der Waals surface area contributed by atoms with E-state index in [0.29, 0.717) is 44.1 Å².